The summed E-state index contributed by atoms with van der Waals surface area (Å²) >= 11 is 0. The Kier molecular flexibility index (Phi) is 6.82. The molecule has 1 fully saturated rings. The number of aliphatic hydroxyl groups is 3. The van der Waals surface area contributed by atoms with Gasteiger partial charge in [0.1, 0.15) is 29.7 Å². The molecule has 1 aliphatic rings. The van der Waals surface area contributed by atoms with Crippen molar-refractivity contribution in [2.75, 3.05) is 0 Å². The predicted molar refractivity (Wildman–Crippen MR) is 95.1 cm³/mol. The summed E-state index contributed by atoms with van der Waals surface area (Å²) in [5.41, 5.74) is -2.41. The van der Waals surface area contributed by atoms with Crippen LogP contribution in [0.25, 0.3) is 0 Å². The van der Waals surface area contributed by atoms with E-state index in [4.69, 9.17) is 9.26 Å². The predicted octanol–water partition coefficient (Wildman–Crippen LogP) is 0.478. The van der Waals surface area contributed by atoms with Gasteiger partial charge in [0.15, 0.2) is 5.85 Å². The molecule has 0 spiro atoms. The van der Waals surface area contributed by atoms with Crippen molar-refractivity contribution in [3.05, 3.63) is 27.7 Å². The molecule has 0 saturated carbocycles. The minimum absolute atomic E-state index is 0.0370. The van der Waals surface area contributed by atoms with Crippen LogP contribution in [0.1, 0.15) is 51.1 Å². The fourth-order valence-corrected chi connectivity index (χ4v) is 3.92. The molecule has 2 rings (SSSR count). The van der Waals surface area contributed by atoms with Gasteiger partial charge in [-0.1, -0.05) is 6.92 Å². The van der Waals surface area contributed by atoms with Crippen LogP contribution in [0.5, 0.6) is 0 Å². The van der Waals surface area contributed by atoms with Gasteiger partial charge < -0.3 is 29.5 Å². The van der Waals surface area contributed by atoms with Gasteiger partial charge in [0.25, 0.3) is 5.56 Å². The highest BCUT2D eigenvalue weighted by molar-refractivity contribution is 7.53. The van der Waals surface area contributed by atoms with Gasteiger partial charge >= 0.3 is 7.60 Å². The summed E-state index contributed by atoms with van der Waals surface area (Å²) in [6.45, 7) is 5.64. The van der Waals surface area contributed by atoms with Crippen molar-refractivity contribution in [2.45, 2.75) is 76.4 Å². The third kappa shape index (κ3) is 4.68. The Hall–Kier alpha value is -1.20. The number of rotatable bonds is 7. The minimum atomic E-state index is -4.34. The van der Waals surface area contributed by atoms with Gasteiger partial charge in [0.2, 0.25) is 5.95 Å². The number of aliphatic hydroxyl groups excluding tert-OH is 3. The maximum absolute atomic E-state index is 14.1. The lowest BCUT2D eigenvalue weighted by Gasteiger charge is -2.34. The Balaban J connectivity index is 2.25. The van der Waals surface area contributed by atoms with Gasteiger partial charge in [-0.05, 0) is 27.2 Å². The number of hydrogen-bond donors (Lipinski definition) is 5. The summed E-state index contributed by atoms with van der Waals surface area (Å²) in [6, 6.07) is 0. The summed E-state index contributed by atoms with van der Waals surface area (Å²) in [6.07, 6.45) is -5.34. The number of ether oxygens (including phenoxy) is 1. The second kappa shape index (κ2) is 8.27. The van der Waals surface area contributed by atoms with E-state index in [9.17, 15) is 34.0 Å². The molecule has 0 radical (unpaired) electrons. The van der Waals surface area contributed by atoms with Crippen LogP contribution in [-0.2, 0) is 13.8 Å². The van der Waals surface area contributed by atoms with Gasteiger partial charge in [-0.2, -0.15) is 4.39 Å². The van der Waals surface area contributed by atoms with E-state index in [0.717, 1.165) is 6.92 Å². The Morgan fingerprint density at radius 1 is 1.43 bits per heavy atom. The molecule has 4 unspecified atom stereocenters. The first-order chi connectivity index (χ1) is 12.8. The van der Waals surface area contributed by atoms with E-state index in [2.05, 4.69) is 4.98 Å². The molecule has 0 bridgehead atoms. The summed E-state index contributed by atoms with van der Waals surface area (Å²) in [4.78, 5) is 27.0. The van der Waals surface area contributed by atoms with E-state index in [1.54, 1.807) is 6.92 Å². The number of aromatic amines is 1. The fourth-order valence-electron chi connectivity index (χ4n) is 2.93. The molecule has 0 amide bonds. The Morgan fingerprint density at radius 2 is 2.04 bits per heavy atom. The van der Waals surface area contributed by atoms with Crippen molar-refractivity contribution in [1.82, 2.24) is 9.97 Å². The molecular formula is C16H26FN2O8P. The largest absolute Gasteiger partial charge is 0.388 e. The number of nitrogens with one attached hydrogen (secondary N) is 1. The lowest BCUT2D eigenvalue weighted by molar-refractivity contribution is -0.0505. The monoisotopic (exact) mass is 424 g/mol. The lowest BCUT2D eigenvalue weighted by Crippen LogP contribution is -2.38. The van der Waals surface area contributed by atoms with Gasteiger partial charge in [0.05, 0.1) is 11.7 Å². The molecule has 7 atom stereocenters. The minimum Gasteiger partial charge on any atom is -0.388 e. The third-order valence-electron chi connectivity index (χ3n) is 4.90. The maximum atomic E-state index is 14.1. The molecule has 160 valence electrons. The normalized spacial score (nSPS) is 30.6. The first kappa shape index (κ1) is 23.1. The number of H-pyrrole nitrogens is 1. The first-order valence-corrected chi connectivity index (χ1v) is 10.4. The molecular weight excluding hydrogens is 398 g/mol. The van der Waals surface area contributed by atoms with Crippen LogP contribution in [0.3, 0.4) is 0 Å². The van der Waals surface area contributed by atoms with E-state index in [1.807, 2.05) is 4.98 Å². The fraction of sp³-hybridized carbons (Fsp3) is 0.750. The number of nitrogens with zero attached hydrogens (tertiary/aromatic N) is 1. The number of aryl methyl sites for hydroxylation is 1. The van der Waals surface area contributed by atoms with Crippen molar-refractivity contribution in [3.8, 4) is 0 Å². The van der Waals surface area contributed by atoms with Crippen LogP contribution in [0.2, 0.25) is 0 Å². The van der Waals surface area contributed by atoms with Crippen molar-refractivity contribution in [2.24, 2.45) is 0 Å². The third-order valence-corrected chi connectivity index (χ3v) is 6.55. The van der Waals surface area contributed by atoms with Crippen LogP contribution in [-0.4, -0.2) is 59.9 Å². The van der Waals surface area contributed by atoms with Crippen LogP contribution in [0, 0.1) is 12.9 Å². The number of hydrogen-bond acceptors (Lipinski definition) is 8. The second-order valence-corrected chi connectivity index (χ2v) is 9.28. The van der Waals surface area contributed by atoms with Crippen LogP contribution < -0.4 is 5.56 Å². The van der Waals surface area contributed by atoms with Gasteiger partial charge in [-0.25, -0.2) is 4.98 Å². The number of aromatic nitrogens is 2. The average molecular weight is 424 g/mol. The highest BCUT2D eigenvalue weighted by Crippen LogP contribution is 2.52. The maximum Gasteiger partial charge on any atom is 0.356 e. The van der Waals surface area contributed by atoms with Crippen molar-refractivity contribution >= 4 is 7.60 Å². The van der Waals surface area contributed by atoms with E-state index in [0.29, 0.717) is 0 Å². The zero-order chi connectivity index (χ0) is 21.4. The Morgan fingerprint density at radius 3 is 2.57 bits per heavy atom. The molecule has 1 aromatic heterocycles. The lowest BCUT2D eigenvalue weighted by atomic mass is 9.92. The van der Waals surface area contributed by atoms with Crippen LogP contribution in [0.15, 0.2) is 4.79 Å². The molecule has 1 aromatic rings. The van der Waals surface area contributed by atoms with Crippen LogP contribution in [0.4, 0.5) is 4.39 Å². The summed E-state index contributed by atoms with van der Waals surface area (Å²) in [5.74, 6) is -2.70. The van der Waals surface area contributed by atoms with E-state index in [1.165, 1.54) is 13.8 Å². The molecule has 2 heterocycles. The molecule has 28 heavy (non-hydrogen) atoms. The van der Waals surface area contributed by atoms with Crippen molar-refractivity contribution in [1.29, 1.82) is 0 Å². The molecule has 0 aliphatic carbocycles. The molecule has 1 aliphatic heterocycles. The standard InChI is InChI=1S/C16H26FN2O8P/c1-5-16(4,27-28(24,25)8(3)20)6-9-11(21)12(22)13(26-9)10-14(17)19-15(23)7(2)18-10/h8-9,11-13,20-22H,5-6H2,1-4H3,(H,19,23)(H,24,25)/t8?,9-,11?,12+,13+,16?/m1/s1. The van der Waals surface area contributed by atoms with E-state index in [-0.39, 0.29) is 24.2 Å². The Bertz CT molecular complexity index is 818. The summed E-state index contributed by atoms with van der Waals surface area (Å²) < 4.78 is 37.0. The molecule has 10 nitrogen and oxygen atoms in total. The zero-order valence-corrected chi connectivity index (χ0v) is 16.9. The highest BCUT2D eigenvalue weighted by Gasteiger charge is 2.49. The second-order valence-electron chi connectivity index (χ2n) is 7.22. The smallest absolute Gasteiger partial charge is 0.356 e. The first-order valence-electron chi connectivity index (χ1n) is 8.80. The molecule has 12 heteroatoms. The SMILES string of the molecule is CCC(C)(C[C@H]1O[C@@H](c2nc(C)c(=O)[nH]c2F)[C@@H](O)C1O)OP(=O)(O)C(C)O. The number of halogens is 1. The zero-order valence-electron chi connectivity index (χ0n) is 16.0. The quantitative estimate of drug-likeness (QED) is 0.392. The van der Waals surface area contributed by atoms with Crippen molar-refractivity contribution in [3.63, 3.8) is 0 Å². The molecule has 0 aromatic carbocycles. The Labute approximate surface area is 160 Å². The molecule has 5 N–H and O–H groups in total. The van der Waals surface area contributed by atoms with E-state index < -0.39 is 55.0 Å². The van der Waals surface area contributed by atoms with E-state index >= 15 is 0 Å². The van der Waals surface area contributed by atoms with Gasteiger partial charge in [0, 0.05) is 6.42 Å². The van der Waals surface area contributed by atoms with Crippen LogP contribution >= 0.6 is 7.60 Å². The topological polar surface area (TPSA) is 162 Å². The molecule has 1 saturated heterocycles. The average Bonchev–Trinajstić information content (AvgIpc) is 2.85. The summed E-state index contributed by atoms with van der Waals surface area (Å²) in [7, 11) is -4.34. The highest BCUT2D eigenvalue weighted by atomic mass is 31.2. The van der Waals surface area contributed by atoms with Crippen molar-refractivity contribution < 1.29 is 38.4 Å². The summed E-state index contributed by atoms with van der Waals surface area (Å²) in [5, 5.41) is 30.1. The van der Waals surface area contributed by atoms with Gasteiger partial charge in [-0.3, -0.25) is 14.3 Å². The van der Waals surface area contributed by atoms with Gasteiger partial charge in [-0.15, -0.1) is 0 Å².